The maximum atomic E-state index is 13.1. The van der Waals surface area contributed by atoms with Crippen molar-refractivity contribution in [1.29, 1.82) is 0 Å². The van der Waals surface area contributed by atoms with Crippen LogP contribution in [0.15, 0.2) is 29.4 Å². The Balaban J connectivity index is 1.81. The minimum Gasteiger partial charge on any atom is -0.485 e. The second kappa shape index (κ2) is 5.72. The SMILES string of the molecule is CC(=O)N1CCSc2nnc(COc3cccc(F)c3)n21. The lowest BCUT2D eigenvalue weighted by atomic mass is 10.3. The molecule has 110 valence electrons. The van der Waals surface area contributed by atoms with Crippen LogP contribution < -0.4 is 9.75 Å². The maximum Gasteiger partial charge on any atom is 0.238 e. The minimum atomic E-state index is -0.364. The number of amides is 1. The summed E-state index contributed by atoms with van der Waals surface area (Å²) in [6.45, 7) is 2.20. The Morgan fingerprint density at radius 3 is 3.10 bits per heavy atom. The highest BCUT2D eigenvalue weighted by molar-refractivity contribution is 7.99. The van der Waals surface area contributed by atoms with Crippen molar-refractivity contribution in [2.45, 2.75) is 18.7 Å². The Morgan fingerprint density at radius 1 is 1.48 bits per heavy atom. The first kappa shape index (κ1) is 13.9. The summed E-state index contributed by atoms with van der Waals surface area (Å²) in [7, 11) is 0. The van der Waals surface area contributed by atoms with Crippen LogP contribution in [-0.2, 0) is 11.4 Å². The average molecular weight is 308 g/mol. The molecule has 1 aromatic heterocycles. The number of hydrogen-bond acceptors (Lipinski definition) is 5. The summed E-state index contributed by atoms with van der Waals surface area (Å²) in [5.41, 5.74) is 0. The van der Waals surface area contributed by atoms with Gasteiger partial charge in [-0.3, -0.25) is 4.79 Å². The molecule has 1 aliphatic heterocycles. The van der Waals surface area contributed by atoms with E-state index in [4.69, 9.17) is 4.74 Å². The van der Waals surface area contributed by atoms with Crippen molar-refractivity contribution in [3.05, 3.63) is 35.9 Å². The van der Waals surface area contributed by atoms with Gasteiger partial charge in [0.15, 0.2) is 5.82 Å². The molecule has 0 N–H and O–H groups in total. The molecule has 0 atom stereocenters. The van der Waals surface area contributed by atoms with Crippen molar-refractivity contribution < 1.29 is 13.9 Å². The van der Waals surface area contributed by atoms with Crippen molar-refractivity contribution >= 4 is 17.7 Å². The maximum absolute atomic E-state index is 13.1. The van der Waals surface area contributed by atoms with Crippen molar-refractivity contribution in [2.24, 2.45) is 0 Å². The van der Waals surface area contributed by atoms with Crippen LogP contribution in [-0.4, -0.2) is 33.1 Å². The molecule has 0 radical (unpaired) electrons. The summed E-state index contributed by atoms with van der Waals surface area (Å²) in [6, 6.07) is 5.88. The predicted octanol–water partition coefficient (Wildman–Crippen LogP) is 1.59. The standard InChI is InChI=1S/C13H13FN4O2S/c1-9(19)17-5-6-21-13-16-15-12(18(13)17)8-20-11-4-2-3-10(14)7-11/h2-4,7H,5-6,8H2,1H3. The summed E-state index contributed by atoms with van der Waals surface area (Å²) in [6.07, 6.45) is 0. The van der Waals surface area contributed by atoms with Crippen molar-refractivity contribution in [3.63, 3.8) is 0 Å². The third-order valence-electron chi connectivity index (χ3n) is 2.98. The van der Waals surface area contributed by atoms with E-state index in [-0.39, 0.29) is 18.3 Å². The third-order valence-corrected chi connectivity index (χ3v) is 3.88. The summed E-state index contributed by atoms with van der Waals surface area (Å²) in [4.78, 5) is 11.7. The predicted molar refractivity (Wildman–Crippen MR) is 75.2 cm³/mol. The number of carbonyl (C=O) groups is 1. The zero-order valence-electron chi connectivity index (χ0n) is 11.3. The van der Waals surface area contributed by atoms with E-state index >= 15 is 0 Å². The Bertz CT molecular complexity index is 676. The molecular formula is C13H13FN4O2S. The second-order valence-electron chi connectivity index (χ2n) is 4.45. The Labute approximate surface area is 124 Å². The van der Waals surface area contributed by atoms with E-state index in [1.807, 2.05) is 0 Å². The normalized spacial score (nSPS) is 13.9. The summed E-state index contributed by atoms with van der Waals surface area (Å²) < 4.78 is 20.3. The lowest BCUT2D eigenvalue weighted by Gasteiger charge is -2.27. The van der Waals surface area contributed by atoms with Gasteiger partial charge >= 0.3 is 0 Å². The number of carbonyl (C=O) groups excluding carboxylic acids is 1. The van der Waals surface area contributed by atoms with Crippen LogP contribution in [0.25, 0.3) is 0 Å². The Hall–Kier alpha value is -2.09. The lowest BCUT2D eigenvalue weighted by molar-refractivity contribution is -0.118. The van der Waals surface area contributed by atoms with Gasteiger partial charge < -0.3 is 4.74 Å². The number of fused-ring (bicyclic) bond motifs is 1. The van der Waals surface area contributed by atoms with Gasteiger partial charge in [0, 0.05) is 18.7 Å². The van der Waals surface area contributed by atoms with Crippen molar-refractivity contribution in [1.82, 2.24) is 14.9 Å². The molecule has 0 spiro atoms. The van der Waals surface area contributed by atoms with Crippen LogP contribution in [0.1, 0.15) is 12.7 Å². The highest BCUT2D eigenvalue weighted by Crippen LogP contribution is 2.23. The monoisotopic (exact) mass is 308 g/mol. The lowest BCUT2D eigenvalue weighted by Crippen LogP contribution is -2.44. The number of aromatic nitrogens is 3. The van der Waals surface area contributed by atoms with E-state index in [0.29, 0.717) is 23.3 Å². The first-order valence-electron chi connectivity index (χ1n) is 6.39. The van der Waals surface area contributed by atoms with Gasteiger partial charge in [0.05, 0.1) is 6.54 Å². The topological polar surface area (TPSA) is 60.3 Å². The number of ether oxygens (including phenoxy) is 1. The van der Waals surface area contributed by atoms with Crippen LogP contribution in [0.3, 0.4) is 0 Å². The summed E-state index contributed by atoms with van der Waals surface area (Å²) in [5.74, 6) is 1.25. The molecular weight excluding hydrogens is 295 g/mol. The van der Waals surface area contributed by atoms with E-state index in [2.05, 4.69) is 10.2 Å². The van der Waals surface area contributed by atoms with Gasteiger partial charge in [-0.15, -0.1) is 10.2 Å². The number of thioether (sulfide) groups is 1. The minimum absolute atomic E-state index is 0.0802. The molecule has 6 nitrogen and oxygen atoms in total. The van der Waals surface area contributed by atoms with Crippen LogP contribution in [0.4, 0.5) is 4.39 Å². The summed E-state index contributed by atoms with van der Waals surface area (Å²) in [5, 5.41) is 10.3. The molecule has 3 rings (SSSR count). The second-order valence-corrected chi connectivity index (χ2v) is 5.51. The van der Waals surface area contributed by atoms with E-state index in [9.17, 15) is 9.18 Å². The largest absolute Gasteiger partial charge is 0.485 e. The first-order valence-corrected chi connectivity index (χ1v) is 7.37. The van der Waals surface area contributed by atoms with Gasteiger partial charge in [-0.25, -0.2) is 14.1 Å². The van der Waals surface area contributed by atoms with Crippen LogP contribution in [0.2, 0.25) is 0 Å². The van der Waals surface area contributed by atoms with E-state index in [1.165, 1.54) is 30.8 Å². The molecule has 0 bridgehead atoms. The number of benzene rings is 1. The molecule has 8 heteroatoms. The Morgan fingerprint density at radius 2 is 2.33 bits per heavy atom. The van der Waals surface area contributed by atoms with Gasteiger partial charge in [0.2, 0.25) is 11.1 Å². The van der Waals surface area contributed by atoms with Crippen LogP contribution in [0, 0.1) is 5.82 Å². The molecule has 0 saturated carbocycles. The highest BCUT2D eigenvalue weighted by atomic mass is 32.2. The number of nitrogens with zero attached hydrogens (tertiary/aromatic N) is 4. The number of halogens is 1. The summed E-state index contributed by atoms with van der Waals surface area (Å²) >= 11 is 1.53. The molecule has 1 amide bonds. The fraction of sp³-hybridized carbons (Fsp3) is 0.308. The molecule has 0 unspecified atom stereocenters. The third kappa shape index (κ3) is 2.85. The van der Waals surface area contributed by atoms with E-state index in [1.54, 1.807) is 21.8 Å². The van der Waals surface area contributed by atoms with Crippen LogP contribution in [0.5, 0.6) is 5.75 Å². The molecule has 2 aromatic rings. The van der Waals surface area contributed by atoms with Gasteiger partial charge in [-0.05, 0) is 12.1 Å². The van der Waals surface area contributed by atoms with Gasteiger partial charge in [-0.1, -0.05) is 17.8 Å². The van der Waals surface area contributed by atoms with Crippen molar-refractivity contribution in [3.8, 4) is 5.75 Å². The first-order chi connectivity index (χ1) is 10.1. The molecule has 1 aromatic carbocycles. The zero-order valence-corrected chi connectivity index (χ0v) is 12.1. The quantitative estimate of drug-likeness (QED) is 0.861. The fourth-order valence-electron chi connectivity index (χ4n) is 2.04. The van der Waals surface area contributed by atoms with Gasteiger partial charge in [0.1, 0.15) is 18.2 Å². The highest BCUT2D eigenvalue weighted by Gasteiger charge is 2.25. The molecule has 0 saturated heterocycles. The molecule has 21 heavy (non-hydrogen) atoms. The average Bonchev–Trinajstić information content (AvgIpc) is 2.88. The van der Waals surface area contributed by atoms with E-state index in [0.717, 1.165) is 5.75 Å². The van der Waals surface area contributed by atoms with Crippen LogP contribution >= 0.6 is 11.8 Å². The fourth-order valence-corrected chi connectivity index (χ4v) is 2.92. The van der Waals surface area contributed by atoms with Gasteiger partial charge in [-0.2, -0.15) is 0 Å². The smallest absolute Gasteiger partial charge is 0.238 e. The number of hydrogen-bond donors (Lipinski definition) is 0. The van der Waals surface area contributed by atoms with Crippen molar-refractivity contribution in [2.75, 3.05) is 17.3 Å². The Kier molecular flexibility index (Phi) is 3.78. The zero-order chi connectivity index (χ0) is 14.8. The molecule has 1 aliphatic rings. The van der Waals surface area contributed by atoms with Gasteiger partial charge in [0.25, 0.3) is 0 Å². The number of rotatable bonds is 3. The molecule has 0 fully saturated rings. The molecule has 0 aliphatic carbocycles. The molecule has 2 heterocycles. The van der Waals surface area contributed by atoms with E-state index < -0.39 is 0 Å².